The summed E-state index contributed by atoms with van der Waals surface area (Å²) in [5, 5.41) is 19.9. The zero-order valence-corrected chi connectivity index (χ0v) is 20.4. The number of fused-ring (bicyclic) bond motifs is 3. The van der Waals surface area contributed by atoms with E-state index in [-0.39, 0.29) is 0 Å². The average molecular weight is 474 g/mol. The molecule has 0 amide bonds. The Morgan fingerprint density at radius 2 is 1.81 bits per heavy atom. The summed E-state index contributed by atoms with van der Waals surface area (Å²) >= 11 is 0. The molecular weight excluding hydrogens is 450 g/mol. The smallest absolute Gasteiger partial charge is 0.226 e. The first kappa shape index (κ1) is 22.8. The van der Waals surface area contributed by atoms with Crippen LogP contribution < -0.4 is 10.4 Å². The van der Waals surface area contributed by atoms with Gasteiger partial charge in [-0.05, 0) is 49.7 Å². The van der Waals surface area contributed by atoms with E-state index in [1.54, 1.807) is 19.5 Å². The number of aryl methyl sites for hydroxylation is 1. The summed E-state index contributed by atoms with van der Waals surface area (Å²) in [5.41, 5.74) is 5.53. The summed E-state index contributed by atoms with van der Waals surface area (Å²) in [6.45, 7) is 3.66. The molecule has 0 aliphatic rings. The highest BCUT2D eigenvalue weighted by Crippen LogP contribution is 2.34. The number of hydrogen-bond donors (Lipinski definition) is 0. The molecule has 5 aromatic rings. The number of pyridine rings is 2. The van der Waals surface area contributed by atoms with Crippen molar-refractivity contribution in [2.75, 3.05) is 7.11 Å². The third-order valence-corrected chi connectivity index (χ3v) is 6.40. The standard InChI is InChI=1S/C28H23N7O/c1-28(2,16-29)25-12-10-19(14-32-25)35-26-21-13-18(20-7-5-6-8-24(20)36-4)9-11-22(21)31-15-23(26)34(3)27(35)33-17-30/h5-15H,1-4H3/b33-27-. The van der Waals surface area contributed by atoms with Crippen LogP contribution >= 0.6 is 0 Å². The molecule has 8 nitrogen and oxygen atoms in total. The summed E-state index contributed by atoms with van der Waals surface area (Å²) in [6, 6.07) is 20.0. The minimum atomic E-state index is -0.720. The Bertz CT molecular complexity index is 1780. The fourth-order valence-electron chi connectivity index (χ4n) is 4.42. The van der Waals surface area contributed by atoms with E-state index < -0.39 is 5.41 Å². The Morgan fingerprint density at radius 3 is 2.50 bits per heavy atom. The number of rotatable bonds is 4. The lowest BCUT2D eigenvalue weighted by Gasteiger charge is -2.15. The Kier molecular flexibility index (Phi) is 5.50. The van der Waals surface area contributed by atoms with Crippen LogP contribution in [0.4, 0.5) is 0 Å². The third kappa shape index (κ3) is 3.57. The zero-order valence-electron chi connectivity index (χ0n) is 20.4. The number of benzene rings is 2. The maximum absolute atomic E-state index is 9.50. The van der Waals surface area contributed by atoms with Gasteiger partial charge in [0.05, 0.1) is 58.9 Å². The van der Waals surface area contributed by atoms with Gasteiger partial charge in [0, 0.05) is 18.0 Å². The van der Waals surface area contributed by atoms with E-state index in [0.717, 1.165) is 44.5 Å². The van der Waals surface area contributed by atoms with Crippen LogP contribution in [0.2, 0.25) is 0 Å². The van der Waals surface area contributed by atoms with Gasteiger partial charge in [-0.15, -0.1) is 4.99 Å². The number of nitriles is 2. The molecule has 8 heteroatoms. The van der Waals surface area contributed by atoms with Crippen molar-refractivity contribution in [3.05, 3.63) is 78.3 Å². The van der Waals surface area contributed by atoms with Crippen LogP contribution in [0.15, 0.2) is 72.0 Å². The molecule has 0 N–H and O–H groups in total. The number of para-hydroxylation sites is 1. The highest BCUT2D eigenvalue weighted by molar-refractivity contribution is 6.04. The normalized spacial score (nSPS) is 12.0. The highest BCUT2D eigenvalue weighted by Gasteiger charge is 2.22. The van der Waals surface area contributed by atoms with Gasteiger partial charge in [-0.1, -0.05) is 24.3 Å². The number of ether oxygens (including phenoxy) is 1. The second kappa shape index (κ2) is 8.68. The first-order chi connectivity index (χ1) is 17.4. The summed E-state index contributed by atoms with van der Waals surface area (Å²) in [4.78, 5) is 13.4. The molecule has 0 saturated carbocycles. The van der Waals surface area contributed by atoms with E-state index >= 15 is 0 Å². The lowest BCUT2D eigenvalue weighted by molar-refractivity contribution is 0.416. The van der Waals surface area contributed by atoms with E-state index in [4.69, 9.17) is 4.74 Å². The minimum absolute atomic E-state index is 0.443. The first-order valence-electron chi connectivity index (χ1n) is 11.3. The molecule has 2 aromatic carbocycles. The molecule has 36 heavy (non-hydrogen) atoms. The van der Waals surface area contributed by atoms with Crippen molar-refractivity contribution in [3.63, 3.8) is 0 Å². The van der Waals surface area contributed by atoms with Crippen molar-refractivity contribution in [2.24, 2.45) is 12.0 Å². The second-order valence-electron chi connectivity index (χ2n) is 8.97. The lowest BCUT2D eigenvalue weighted by Crippen LogP contribution is -2.23. The van der Waals surface area contributed by atoms with Crippen LogP contribution in [0.3, 0.4) is 0 Å². The monoisotopic (exact) mass is 473 g/mol. The van der Waals surface area contributed by atoms with Crippen LogP contribution in [-0.4, -0.2) is 26.2 Å². The van der Waals surface area contributed by atoms with Crippen molar-refractivity contribution >= 4 is 21.9 Å². The van der Waals surface area contributed by atoms with E-state index in [2.05, 4.69) is 27.1 Å². The molecule has 0 atom stereocenters. The molecular formula is C28H23N7O. The molecule has 3 heterocycles. The topological polar surface area (TPSA) is 105 Å². The average Bonchev–Trinajstić information content (AvgIpc) is 3.20. The molecule has 5 rings (SSSR count). The van der Waals surface area contributed by atoms with Crippen molar-refractivity contribution in [2.45, 2.75) is 19.3 Å². The van der Waals surface area contributed by atoms with Crippen LogP contribution in [0.25, 0.3) is 38.8 Å². The number of aromatic nitrogens is 4. The third-order valence-electron chi connectivity index (χ3n) is 6.40. The van der Waals surface area contributed by atoms with Crippen molar-refractivity contribution in [1.82, 2.24) is 19.1 Å². The van der Waals surface area contributed by atoms with Gasteiger partial charge in [0.25, 0.3) is 0 Å². The largest absolute Gasteiger partial charge is 0.496 e. The lowest BCUT2D eigenvalue weighted by atomic mass is 9.91. The molecule has 0 unspecified atom stereocenters. The molecule has 0 aliphatic carbocycles. The van der Waals surface area contributed by atoms with Crippen LogP contribution in [0, 0.1) is 22.8 Å². The molecule has 3 aromatic heterocycles. The zero-order chi connectivity index (χ0) is 25.4. The fraction of sp³-hybridized carbons (Fsp3) is 0.179. The summed E-state index contributed by atoms with van der Waals surface area (Å²) in [7, 11) is 3.51. The quantitative estimate of drug-likeness (QED) is 0.350. The van der Waals surface area contributed by atoms with Gasteiger partial charge in [0.1, 0.15) is 5.75 Å². The van der Waals surface area contributed by atoms with Gasteiger partial charge in [-0.3, -0.25) is 14.5 Å². The molecule has 0 aliphatic heterocycles. The van der Waals surface area contributed by atoms with Crippen molar-refractivity contribution in [3.8, 4) is 34.8 Å². The van der Waals surface area contributed by atoms with Crippen LogP contribution in [0.1, 0.15) is 19.5 Å². The Hall–Kier alpha value is -4.95. The molecule has 0 bridgehead atoms. The van der Waals surface area contributed by atoms with E-state index in [1.807, 2.05) is 84.8 Å². The van der Waals surface area contributed by atoms with Gasteiger partial charge in [-0.2, -0.15) is 10.5 Å². The molecule has 0 fully saturated rings. The van der Waals surface area contributed by atoms with Crippen LogP contribution in [0.5, 0.6) is 5.75 Å². The first-order valence-corrected chi connectivity index (χ1v) is 11.3. The maximum Gasteiger partial charge on any atom is 0.226 e. The fourth-order valence-corrected chi connectivity index (χ4v) is 4.42. The summed E-state index contributed by atoms with van der Waals surface area (Å²) < 4.78 is 9.34. The Labute approximate surface area is 208 Å². The maximum atomic E-state index is 9.50. The van der Waals surface area contributed by atoms with Crippen LogP contribution in [-0.2, 0) is 12.5 Å². The van der Waals surface area contributed by atoms with Gasteiger partial charge >= 0.3 is 0 Å². The van der Waals surface area contributed by atoms with E-state index in [9.17, 15) is 10.5 Å². The molecule has 0 saturated heterocycles. The second-order valence-corrected chi connectivity index (χ2v) is 8.97. The van der Waals surface area contributed by atoms with Crippen molar-refractivity contribution in [1.29, 1.82) is 10.5 Å². The Morgan fingerprint density at radius 1 is 1.00 bits per heavy atom. The van der Waals surface area contributed by atoms with Crippen molar-refractivity contribution < 1.29 is 4.74 Å². The molecule has 0 spiro atoms. The number of hydrogen-bond acceptors (Lipinski definition) is 6. The predicted octanol–water partition coefficient (Wildman–Crippen LogP) is 4.77. The van der Waals surface area contributed by atoms with Gasteiger partial charge < -0.3 is 9.30 Å². The molecule has 176 valence electrons. The number of methoxy groups -OCH3 is 1. The van der Waals surface area contributed by atoms with Gasteiger partial charge in [-0.25, -0.2) is 0 Å². The van der Waals surface area contributed by atoms with Gasteiger partial charge in [0.2, 0.25) is 11.8 Å². The molecule has 0 radical (unpaired) electrons. The number of nitrogens with zero attached hydrogens (tertiary/aromatic N) is 7. The number of imidazole rings is 1. The van der Waals surface area contributed by atoms with E-state index in [1.165, 1.54) is 0 Å². The highest BCUT2D eigenvalue weighted by atomic mass is 16.5. The van der Waals surface area contributed by atoms with Gasteiger partial charge in [0.15, 0.2) is 0 Å². The summed E-state index contributed by atoms with van der Waals surface area (Å²) in [6.07, 6.45) is 5.42. The SMILES string of the molecule is COc1ccccc1-c1ccc2ncc3c(c2c1)n(-c1ccc(C(C)(C)C#N)nc1)/c(=N\C#N)n3C. The minimum Gasteiger partial charge on any atom is -0.496 e. The van der Waals surface area contributed by atoms with E-state index in [0.29, 0.717) is 11.3 Å². The predicted molar refractivity (Wildman–Crippen MR) is 137 cm³/mol. The Balaban J connectivity index is 1.85. The summed E-state index contributed by atoms with van der Waals surface area (Å²) in [5.74, 6) is 0.776.